The van der Waals surface area contributed by atoms with Crippen molar-refractivity contribution in [3.63, 3.8) is 0 Å². The molecular weight excluding hydrogens is 322 g/mol. The number of piperidine rings is 1. The molecule has 2 N–H and O–H groups in total. The van der Waals surface area contributed by atoms with Crippen molar-refractivity contribution < 1.29 is 19.4 Å². The molecule has 1 aliphatic rings. The summed E-state index contributed by atoms with van der Waals surface area (Å²) in [5.41, 5.74) is 1.39. The average Bonchev–Trinajstić information content (AvgIpc) is 2.56. The number of amides is 2. The number of ether oxygens (including phenoxy) is 1. The Morgan fingerprint density at radius 2 is 2.12 bits per heavy atom. The summed E-state index contributed by atoms with van der Waals surface area (Å²) >= 11 is 0. The highest BCUT2D eigenvalue weighted by atomic mass is 16.5. The summed E-state index contributed by atoms with van der Waals surface area (Å²) in [7, 11) is 5.01. The third-order valence-electron chi connectivity index (χ3n) is 4.52. The minimum absolute atomic E-state index is 0.00328. The van der Waals surface area contributed by atoms with Gasteiger partial charge < -0.3 is 20.1 Å². The van der Waals surface area contributed by atoms with E-state index in [1.165, 1.54) is 4.90 Å². The van der Waals surface area contributed by atoms with Crippen LogP contribution in [0, 0.1) is 6.92 Å². The molecule has 7 nitrogen and oxygen atoms in total. The molecule has 138 valence electrons. The van der Waals surface area contributed by atoms with Gasteiger partial charge in [0, 0.05) is 32.7 Å². The quantitative estimate of drug-likeness (QED) is 0.797. The fourth-order valence-corrected chi connectivity index (χ4v) is 2.91. The van der Waals surface area contributed by atoms with Crippen LogP contribution in [0.4, 0.5) is 0 Å². The number of carbonyl (C=O) groups excluding carboxylic acids is 2. The first kappa shape index (κ1) is 19.2. The SMILES string of the molecule is COc1ccc(C(=O)N[C@@H]2CCN(CC(=O)N(C)C)C[C@H]2O)c(C)c1. The molecule has 1 heterocycles. The number of likely N-dealkylation sites (tertiary alicyclic amines) is 1. The number of hydrogen-bond donors (Lipinski definition) is 2. The van der Waals surface area contributed by atoms with Gasteiger partial charge in [-0.3, -0.25) is 14.5 Å². The zero-order valence-corrected chi connectivity index (χ0v) is 15.3. The number of benzene rings is 1. The van der Waals surface area contributed by atoms with E-state index in [0.29, 0.717) is 30.8 Å². The number of nitrogens with zero attached hydrogens (tertiary/aromatic N) is 2. The van der Waals surface area contributed by atoms with Crippen LogP contribution in [-0.2, 0) is 4.79 Å². The second kappa shape index (κ2) is 8.31. The second-order valence-corrected chi connectivity index (χ2v) is 6.64. The van der Waals surface area contributed by atoms with Crippen LogP contribution in [0.1, 0.15) is 22.3 Å². The van der Waals surface area contributed by atoms with E-state index in [-0.39, 0.29) is 24.4 Å². The van der Waals surface area contributed by atoms with Crippen molar-refractivity contribution in [2.24, 2.45) is 0 Å². The normalized spacial score (nSPS) is 20.8. The van der Waals surface area contributed by atoms with Gasteiger partial charge in [0.25, 0.3) is 5.91 Å². The number of methoxy groups -OCH3 is 1. The van der Waals surface area contributed by atoms with Gasteiger partial charge in [0.05, 0.1) is 25.8 Å². The fourth-order valence-electron chi connectivity index (χ4n) is 2.91. The van der Waals surface area contributed by atoms with Crippen LogP contribution in [0.25, 0.3) is 0 Å². The molecule has 2 amide bonds. The van der Waals surface area contributed by atoms with Gasteiger partial charge in [-0.1, -0.05) is 0 Å². The molecule has 1 saturated heterocycles. The summed E-state index contributed by atoms with van der Waals surface area (Å²) < 4.78 is 5.15. The summed E-state index contributed by atoms with van der Waals surface area (Å²) in [5.74, 6) is 0.499. The van der Waals surface area contributed by atoms with E-state index in [1.54, 1.807) is 39.4 Å². The summed E-state index contributed by atoms with van der Waals surface area (Å²) in [6.07, 6.45) is -0.103. The molecule has 25 heavy (non-hydrogen) atoms. The van der Waals surface area contributed by atoms with E-state index in [0.717, 1.165) is 5.56 Å². The third kappa shape index (κ3) is 4.93. The molecule has 0 saturated carbocycles. The van der Waals surface area contributed by atoms with Crippen LogP contribution >= 0.6 is 0 Å². The topological polar surface area (TPSA) is 82.1 Å². The zero-order valence-electron chi connectivity index (χ0n) is 15.3. The number of hydrogen-bond acceptors (Lipinski definition) is 5. The van der Waals surface area contributed by atoms with Gasteiger partial charge in [0.15, 0.2) is 0 Å². The molecule has 0 aliphatic carbocycles. The molecule has 7 heteroatoms. The van der Waals surface area contributed by atoms with E-state index in [1.807, 2.05) is 11.8 Å². The van der Waals surface area contributed by atoms with Crippen molar-refractivity contribution in [2.45, 2.75) is 25.5 Å². The number of aliphatic hydroxyl groups excluding tert-OH is 1. The largest absolute Gasteiger partial charge is 0.497 e. The smallest absolute Gasteiger partial charge is 0.251 e. The first-order chi connectivity index (χ1) is 11.8. The number of aryl methyl sites for hydroxylation is 1. The van der Waals surface area contributed by atoms with Gasteiger partial charge in [-0.25, -0.2) is 0 Å². The lowest BCUT2D eigenvalue weighted by Crippen LogP contribution is -2.55. The molecule has 1 aliphatic heterocycles. The van der Waals surface area contributed by atoms with Gasteiger partial charge >= 0.3 is 0 Å². The molecular formula is C18H27N3O4. The minimum atomic E-state index is -0.703. The number of β-amino-alcohol motifs (C(OH)–C–C–N with tert-alkyl or cyclic N) is 1. The molecule has 0 spiro atoms. The Labute approximate surface area is 148 Å². The lowest BCUT2D eigenvalue weighted by molar-refractivity contribution is -0.130. The lowest BCUT2D eigenvalue weighted by Gasteiger charge is -2.36. The summed E-state index contributed by atoms with van der Waals surface area (Å²) in [6, 6.07) is 4.95. The maximum Gasteiger partial charge on any atom is 0.251 e. The van der Waals surface area contributed by atoms with Gasteiger partial charge in [0.1, 0.15) is 5.75 Å². The van der Waals surface area contributed by atoms with E-state index in [9.17, 15) is 14.7 Å². The van der Waals surface area contributed by atoms with Crippen molar-refractivity contribution in [3.8, 4) is 5.75 Å². The molecule has 0 unspecified atom stereocenters. The highest BCUT2D eigenvalue weighted by Gasteiger charge is 2.30. The van der Waals surface area contributed by atoms with Crippen molar-refractivity contribution in [1.82, 2.24) is 15.1 Å². The molecule has 1 fully saturated rings. The van der Waals surface area contributed by atoms with E-state index >= 15 is 0 Å². The Hall–Kier alpha value is -2.12. The van der Waals surface area contributed by atoms with Crippen LogP contribution < -0.4 is 10.1 Å². The van der Waals surface area contributed by atoms with Crippen LogP contribution in [0.5, 0.6) is 5.75 Å². The second-order valence-electron chi connectivity index (χ2n) is 6.64. The van der Waals surface area contributed by atoms with Crippen molar-refractivity contribution in [3.05, 3.63) is 29.3 Å². The van der Waals surface area contributed by atoms with Gasteiger partial charge in [-0.2, -0.15) is 0 Å². The molecule has 1 aromatic rings. The number of rotatable bonds is 5. The lowest BCUT2D eigenvalue weighted by atomic mass is 10.0. The number of aliphatic hydroxyl groups is 1. The molecule has 2 atom stereocenters. The van der Waals surface area contributed by atoms with Gasteiger partial charge in [-0.05, 0) is 37.1 Å². The first-order valence-electron chi connectivity index (χ1n) is 8.38. The number of likely N-dealkylation sites (N-methyl/N-ethyl adjacent to an activating group) is 1. The fraction of sp³-hybridized carbons (Fsp3) is 0.556. The van der Waals surface area contributed by atoms with Crippen molar-refractivity contribution >= 4 is 11.8 Å². The molecule has 1 aromatic carbocycles. The predicted molar refractivity (Wildman–Crippen MR) is 94.7 cm³/mol. The van der Waals surface area contributed by atoms with Crippen molar-refractivity contribution in [1.29, 1.82) is 0 Å². The highest BCUT2D eigenvalue weighted by Crippen LogP contribution is 2.18. The standard InChI is InChI=1S/C18H27N3O4/c1-12-9-13(25-4)5-6-14(12)18(24)19-15-7-8-21(10-16(15)22)11-17(23)20(2)3/h5-6,9,15-16,22H,7-8,10-11H2,1-4H3,(H,19,24)/t15-,16-/m1/s1. The molecule has 2 rings (SSSR count). The highest BCUT2D eigenvalue weighted by molar-refractivity contribution is 5.96. The number of nitrogens with one attached hydrogen (secondary N) is 1. The maximum atomic E-state index is 12.5. The van der Waals surface area contributed by atoms with Crippen molar-refractivity contribution in [2.75, 3.05) is 40.8 Å². The van der Waals surface area contributed by atoms with Crippen LogP contribution in [0.2, 0.25) is 0 Å². The summed E-state index contributed by atoms with van der Waals surface area (Å²) in [4.78, 5) is 27.7. The van der Waals surface area contributed by atoms with E-state index < -0.39 is 6.10 Å². The first-order valence-corrected chi connectivity index (χ1v) is 8.38. The Kier molecular flexibility index (Phi) is 6.39. The minimum Gasteiger partial charge on any atom is -0.497 e. The monoisotopic (exact) mass is 349 g/mol. The van der Waals surface area contributed by atoms with E-state index in [4.69, 9.17) is 4.74 Å². The summed E-state index contributed by atoms with van der Waals surface area (Å²) in [6.45, 7) is 3.15. The molecule has 0 bridgehead atoms. The molecule has 0 radical (unpaired) electrons. The number of carbonyl (C=O) groups is 2. The van der Waals surface area contributed by atoms with Crippen LogP contribution in [0.15, 0.2) is 18.2 Å². The maximum absolute atomic E-state index is 12.5. The summed E-state index contributed by atoms with van der Waals surface area (Å²) in [5, 5.41) is 13.2. The Morgan fingerprint density at radius 3 is 2.68 bits per heavy atom. The van der Waals surface area contributed by atoms with Crippen LogP contribution in [-0.4, -0.2) is 79.7 Å². The third-order valence-corrected chi connectivity index (χ3v) is 4.52. The van der Waals surface area contributed by atoms with Crippen LogP contribution in [0.3, 0.4) is 0 Å². The van der Waals surface area contributed by atoms with Gasteiger partial charge in [-0.15, -0.1) is 0 Å². The Morgan fingerprint density at radius 1 is 1.40 bits per heavy atom. The van der Waals surface area contributed by atoms with Gasteiger partial charge in [0.2, 0.25) is 5.91 Å². The zero-order chi connectivity index (χ0) is 18.6. The average molecular weight is 349 g/mol. The Balaban J connectivity index is 1.93. The predicted octanol–water partition coefficient (Wildman–Crippen LogP) is 0.257. The van der Waals surface area contributed by atoms with E-state index in [2.05, 4.69) is 5.32 Å². The Bertz CT molecular complexity index is 633. The molecule has 0 aromatic heterocycles.